The van der Waals surface area contributed by atoms with Crippen molar-refractivity contribution >= 4 is 11.6 Å². The molecule has 1 aromatic carbocycles. The zero-order valence-electron chi connectivity index (χ0n) is 10.8. The minimum atomic E-state index is -0.325. The molecule has 1 N–H and O–H groups in total. The third-order valence-corrected chi connectivity index (χ3v) is 2.73. The van der Waals surface area contributed by atoms with E-state index in [0.29, 0.717) is 17.3 Å². The molecule has 3 rings (SSSR count). The van der Waals surface area contributed by atoms with Crippen LogP contribution in [0.5, 0.6) is 0 Å². The number of rotatable bonds is 3. The SMILES string of the molecule is Cc1ccnc(Nc2cnn(-c3ccccc3F)c2)n1. The highest BCUT2D eigenvalue weighted by molar-refractivity contribution is 5.51. The molecule has 0 aliphatic carbocycles. The van der Waals surface area contributed by atoms with Gasteiger partial charge in [-0.1, -0.05) is 12.1 Å². The molecule has 5 nitrogen and oxygen atoms in total. The average molecular weight is 269 g/mol. The Kier molecular flexibility index (Phi) is 3.12. The predicted molar refractivity (Wildman–Crippen MR) is 73.6 cm³/mol. The molecular weight excluding hydrogens is 257 g/mol. The van der Waals surface area contributed by atoms with Crippen LogP contribution in [0.4, 0.5) is 16.0 Å². The molecule has 100 valence electrons. The van der Waals surface area contributed by atoms with Crippen LogP contribution in [-0.4, -0.2) is 19.7 Å². The van der Waals surface area contributed by atoms with Crippen molar-refractivity contribution in [2.45, 2.75) is 6.92 Å². The summed E-state index contributed by atoms with van der Waals surface area (Å²) in [6.45, 7) is 1.88. The van der Waals surface area contributed by atoms with Crippen molar-refractivity contribution in [3.8, 4) is 5.69 Å². The molecule has 0 atom stereocenters. The normalized spacial score (nSPS) is 10.5. The van der Waals surface area contributed by atoms with E-state index in [4.69, 9.17) is 0 Å². The lowest BCUT2D eigenvalue weighted by molar-refractivity contribution is 0.611. The Balaban J connectivity index is 1.86. The summed E-state index contributed by atoms with van der Waals surface area (Å²) in [7, 11) is 0. The fourth-order valence-electron chi connectivity index (χ4n) is 1.79. The maximum Gasteiger partial charge on any atom is 0.227 e. The highest BCUT2D eigenvalue weighted by Crippen LogP contribution is 2.16. The zero-order chi connectivity index (χ0) is 13.9. The lowest BCUT2D eigenvalue weighted by Crippen LogP contribution is -1.98. The van der Waals surface area contributed by atoms with Gasteiger partial charge in [0.1, 0.15) is 11.5 Å². The molecule has 6 heteroatoms. The van der Waals surface area contributed by atoms with E-state index >= 15 is 0 Å². The predicted octanol–water partition coefficient (Wildman–Crippen LogP) is 2.85. The fraction of sp³-hybridized carbons (Fsp3) is 0.0714. The lowest BCUT2D eigenvalue weighted by Gasteiger charge is -2.03. The maximum absolute atomic E-state index is 13.7. The van der Waals surface area contributed by atoms with Gasteiger partial charge >= 0.3 is 0 Å². The van der Waals surface area contributed by atoms with E-state index in [0.717, 1.165) is 5.69 Å². The Labute approximate surface area is 115 Å². The van der Waals surface area contributed by atoms with E-state index in [-0.39, 0.29) is 5.82 Å². The summed E-state index contributed by atoms with van der Waals surface area (Å²) in [6.07, 6.45) is 4.95. The van der Waals surface area contributed by atoms with Crippen molar-refractivity contribution in [1.82, 2.24) is 19.7 Å². The molecule has 0 unspecified atom stereocenters. The van der Waals surface area contributed by atoms with E-state index in [1.165, 1.54) is 10.7 Å². The quantitative estimate of drug-likeness (QED) is 0.794. The highest BCUT2D eigenvalue weighted by Gasteiger charge is 2.06. The number of halogens is 1. The van der Waals surface area contributed by atoms with Crippen LogP contribution in [0, 0.1) is 12.7 Å². The van der Waals surface area contributed by atoms with Gasteiger partial charge in [-0.15, -0.1) is 0 Å². The fourth-order valence-corrected chi connectivity index (χ4v) is 1.79. The molecule has 0 amide bonds. The summed E-state index contributed by atoms with van der Waals surface area (Å²) in [5, 5.41) is 7.15. The van der Waals surface area contributed by atoms with Crippen LogP contribution in [0.25, 0.3) is 5.69 Å². The maximum atomic E-state index is 13.7. The largest absolute Gasteiger partial charge is 0.321 e. The second-order valence-electron chi connectivity index (χ2n) is 4.27. The lowest BCUT2D eigenvalue weighted by atomic mass is 10.3. The molecule has 2 aromatic heterocycles. The Morgan fingerprint density at radius 3 is 2.85 bits per heavy atom. The van der Waals surface area contributed by atoms with Crippen LogP contribution in [0.15, 0.2) is 48.9 Å². The molecule has 0 aliphatic heterocycles. The number of para-hydroxylation sites is 1. The molecule has 0 radical (unpaired) electrons. The Morgan fingerprint density at radius 1 is 1.20 bits per heavy atom. The van der Waals surface area contributed by atoms with Gasteiger partial charge in [-0.3, -0.25) is 0 Å². The number of aryl methyl sites for hydroxylation is 1. The topological polar surface area (TPSA) is 55.6 Å². The molecule has 3 aromatic rings. The Morgan fingerprint density at radius 2 is 2.05 bits per heavy atom. The zero-order valence-corrected chi connectivity index (χ0v) is 10.8. The van der Waals surface area contributed by atoms with E-state index in [9.17, 15) is 4.39 Å². The van der Waals surface area contributed by atoms with Crippen molar-refractivity contribution in [3.63, 3.8) is 0 Å². The molecule has 0 aliphatic rings. The molecule has 0 saturated heterocycles. The van der Waals surface area contributed by atoms with E-state index in [2.05, 4.69) is 20.4 Å². The first kappa shape index (κ1) is 12.3. The monoisotopic (exact) mass is 269 g/mol. The average Bonchev–Trinajstić information content (AvgIpc) is 2.87. The number of hydrogen-bond acceptors (Lipinski definition) is 4. The smallest absolute Gasteiger partial charge is 0.227 e. The van der Waals surface area contributed by atoms with Gasteiger partial charge in [-0.25, -0.2) is 19.0 Å². The first-order valence-electron chi connectivity index (χ1n) is 6.08. The molecule has 2 heterocycles. The van der Waals surface area contributed by atoms with Crippen molar-refractivity contribution < 1.29 is 4.39 Å². The molecular formula is C14H12FN5. The third-order valence-electron chi connectivity index (χ3n) is 2.73. The van der Waals surface area contributed by atoms with Crippen LogP contribution < -0.4 is 5.32 Å². The van der Waals surface area contributed by atoms with Crippen molar-refractivity contribution in [3.05, 3.63) is 60.4 Å². The van der Waals surface area contributed by atoms with Gasteiger partial charge in [-0.05, 0) is 25.1 Å². The molecule has 0 saturated carbocycles. The van der Waals surface area contributed by atoms with Crippen LogP contribution >= 0.6 is 0 Å². The number of nitrogens with zero attached hydrogens (tertiary/aromatic N) is 4. The van der Waals surface area contributed by atoms with Gasteiger partial charge < -0.3 is 5.32 Å². The van der Waals surface area contributed by atoms with E-state index in [1.807, 2.05) is 13.0 Å². The third kappa shape index (κ3) is 2.49. The van der Waals surface area contributed by atoms with Gasteiger partial charge in [0.15, 0.2) is 0 Å². The van der Waals surface area contributed by atoms with Gasteiger partial charge in [-0.2, -0.15) is 5.10 Å². The molecule has 0 fully saturated rings. The minimum Gasteiger partial charge on any atom is -0.321 e. The molecule has 0 bridgehead atoms. The van der Waals surface area contributed by atoms with Gasteiger partial charge in [0.25, 0.3) is 0 Å². The Hall–Kier alpha value is -2.76. The van der Waals surface area contributed by atoms with Crippen molar-refractivity contribution in [2.75, 3.05) is 5.32 Å². The second-order valence-corrected chi connectivity index (χ2v) is 4.27. The first-order valence-corrected chi connectivity index (χ1v) is 6.08. The summed E-state index contributed by atoms with van der Waals surface area (Å²) in [5.41, 5.74) is 1.95. The van der Waals surface area contributed by atoms with Gasteiger partial charge in [0.05, 0.1) is 18.1 Å². The second kappa shape index (κ2) is 5.08. The Bertz CT molecular complexity index is 738. The summed E-state index contributed by atoms with van der Waals surface area (Å²) in [4.78, 5) is 8.34. The molecule has 20 heavy (non-hydrogen) atoms. The molecule has 0 spiro atoms. The van der Waals surface area contributed by atoms with Gasteiger partial charge in [0, 0.05) is 11.9 Å². The summed E-state index contributed by atoms with van der Waals surface area (Å²) < 4.78 is 15.1. The number of hydrogen-bond donors (Lipinski definition) is 1. The van der Waals surface area contributed by atoms with Crippen LogP contribution in [0.2, 0.25) is 0 Å². The van der Waals surface area contributed by atoms with E-state index < -0.39 is 0 Å². The van der Waals surface area contributed by atoms with Gasteiger partial charge in [0.2, 0.25) is 5.95 Å². The summed E-state index contributed by atoms with van der Waals surface area (Å²) in [6, 6.07) is 8.27. The number of anilines is 2. The van der Waals surface area contributed by atoms with Crippen molar-refractivity contribution in [2.24, 2.45) is 0 Å². The van der Waals surface area contributed by atoms with Crippen molar-refractivity contribution in [1.29, 1.82) is 0 Å². The number of aromatic nitrogens is 4. The van der Waals surface area contributed by atoms with Crippen LogP contribution in [-0.2, 0) is 0 Å². The number of benzene rings is 1. The standard InChI is InChI=1S/C14H12FN5/c1-10-6-7-16-14(18-10)19-11-8-17-20(9-11)13-5-3-2-4-12(13)15/h2-9H,1H3,(H,16,18,19). The minimum absolute atomic E-state index is 0.325. The van der Waals surface area contributed by atoms with Crippen LogP contribution in [0.3, 0.4) is 0 Å². The first-order chi connectivity index (χ1) is 9.72. The van der Waals surface area contributed by atoms with E-state index in [1.54, 1.807) is 36.8 Å². The van der Waals surface area contributed by atoms with Crippen LogP contribution in [0.1, 0.15) is 5.69 Å². The summed E-state index contributed by atoms with van der Waals surface area (Å²) in [5.74, 6) is 0.159. The summed E-state index contributed by atoms with van der Waals surface area (Å²) >= 11 is 0. The number of nitrogens with one attached hydrogen (secondary N) is 1. The highest BCUT2D eigenvalue weighted by atomic mass is 19.1.